The third kappa shape index (κ3) is 4.41. The summed E-state index contributed by atoms with van der Waals surface area (Å²) in [6.07, 6.45) is 6.49. The molecule has 0 radical (unpaired) electrons. The van der Waals surface area contributed by atoms with Gasteiger partial charge in [-0.1, -0.05) is 48.0 Å². The lowest BCUT2D eigenvalue weighted by Gasteiger charge is -2.33. The third-order valence-corrected chi connectivity index (χ3v) is 6.42. The third-order valence-electron chi connectivity index (χ3n) is 6.05. The summed E-state index contributed by atoms with van der Waals surface area (Å²) in [7, 11) is 0. The highest BCUT2D eigenvalue weighted by Crippen LogP contribution is 2.31. The van der Waals surface area contributed by atoms with Crippen LogP contribution in [0, 0.1) is 0 Å². The summed E-state index contributed by atoms with van der Waals surface area (Å²) in [5.74, 6) is 1.04. The second-order valence-electron chi connectivity index (χ2n) is 8.23. The van der Waals surface area contributed by atoms with E-state index in [1.807, 2.05) is 36.4 Å². The van der Waals surface area contributed by atoms with E-state index in [2.05, 4.69) is 10.1 Å². The van der Waals surface area contributed by atoms with Crippen molar-refractivity contribution >= 4 is 28.3 Å². The largest absolute Gasteiger partial charge is 0.443 e. The number of hydrogen-bond acceptors (Lipinski definition) is 5. The molecule has 4 aromatic rings. The molecule has 0 aliphatic carbocycles. The molecule has 0 N–H and O–H groups in total. The number of fused-ring (bicyclic) bond motifs is 1. The van der Waals surface area contributed by atoms with Gasteiger partial charge >= 0.3 is 0 Å². The van der Waals surface area contributed by atoms with Crippen LogP contribution in [0.5, 0.6) is 0 Å². The van der Waals surface area contributed by atoms with Crippen molar-refractivity contribution < 1.29 is 9.21 Å². The Balaban J connectivity index is 1.35. The van der Waals surface area contributed by atoms with Crippen LogP contribution in [0.15, 0.2) is 70.1 Å². The Hall–Kier alpha value is -3.45. The number of carbonyl (C=O) groups excluding carboxylic acids is 1. The van der Waals surface area contributed by atoms with Crippen molar-refractivity contribution in [3.05, 3.63) is 93.5 Å². The van der Waals surface area contributed by atoms with Gasteiger partial charge in [0.2, 0.25) is 11.8 Å². The van der Waals surface area contributed by atoms with Gasteiger partial charge in [0.05, 0.1) is 17.8 Å². The summed E-state index contributed by atoms with van der Waals surface area (Å²) in [6.45, 7) is 0.474. The lowest BCUT2D eigenvalue weighted by molar-refractivity contribution is -0.136. The fourth-order valence-corrected chi connectivity index (χ4v) is 4.54. The Morgan fingerprint density at radius 3 is 2.79 bits per heavy atom. The molecule has 1 aliphatic rings. The summed E-state index contributed by atoms with van der Waals surface area (Å²) in [5.41, 5.74) is 0.688. The number of benzene rings is 2. The van der Waals surface area contributed by atoms with Crippen molar-refractivity contribution in [2.24, 2.45) is 0 Å². The number of rotatable bonds is 5. The standard InChI is InChI=1S/C25H23ClN4O3/c26-21-10-4-2-7-17(21)13-19-15-27-24(33-19)22-11-5-6-12-29(22)23(31)16-30-25(32)20-9-3-1-8-18(20)14-28-30/h1-4,7-10,14-15,22H,5-6,11-13,16H2/t22-/m0/s1. The molecular formula is C25H23ClN4O3. The highest BCUT2D eigenvalue weighted by Gasteiger charge is 2.31. The molecule has 1 fully saturated rings. The van der Waals surface area contributed by atoms with Crippen molar-refractivity contribution in [2.45, 2.75) is 38.3 Å². The molecule has 0 spiro atoms. The number of amides is 1. The molecule has 7 nitrogen and oxygen atoms in total. The minimum atomic E-state index is -0.270. The van der Waals surface area contributed by atoms with Gasteiger partial charge in [-0.2, -0.15) is 5.10 Å². The molecule has 168 valence electrons. The van der Waals surface area contributed by atoms with E-state index in [0.717, 1.165) is 30.2 Å². The molecule has 0 unspecified atom stereocenters. The minimum absolute atomic E-state index is 0.118. The van der Waals surface area contributed by atoms with Crippen LogP contribution in [0.2, 0.25) is 5.02 Å². The number of halogens is 1. The van der Waals surface area contributed by atoms with Gasteiger partial charge in [-0.25, -0.2) is 9.67 Å². The fraction of sp³-hybridized carbons (Fsp3) is 0.280. The van der Waals surface area contributed by atoms with Crippen LogP contribution >= 0.6 is 11.6 Å². The molecule has 3 heterocycles. The van der Waals surface area contributed by atoms with Crippen LogP contribution in [0.25, 0.3) is 10.8 Å². The molecule has 1 aliphatic heterocycles. The van der Waals surface area contributed by atoms with E-state index < -0.39 is 0 Å². The first kappa shape index (κ1) is 21.4. The molecule has 1 saturated heterocycles. The molecule has 8 heteroatoms. The van der Waals surface area contributed by atoms with E-state index in [9.17, 15) is 9.59 Å². The summed E-state index contributed by atoms with van der Waals surface area (Å²) in [6, 6.07) is 14.6. The first-order chi connectivity index (χ1) is 16.1. The topological polar surface area (TPSA) is 81.2 Å². The van der Waals surface area contributed by atoms with Gasteiger partial charge in [0.15, 0.2) is 0 Å². The number of nitrogens with zero attached hydrogens (tertiary/aromatic N) is 4. The summed E-state index contributed by atoms with van der Waals surface area (Å²) in [4.78, 5) is 32.2. The minimum Gasteiger partial charge on any atom is -0.443 e. The number of oxazole rings is 1. The van der Waals surface area contributed by atoms with Crippen molar-refractivity contribution in [2.75, 3.05) is 6.54 Å². The Kier molecular flexibility index (Phi) is 5.96. The fourth-order valence-electron chi connectivity index (χ4n) is 4.33. The predicted molar refractivity (Wildman–Crippen MR) is 125 cm³/mol. The Bertz CT molecular complexity index is 1360. The Morgan fingerprint density at radius 1 is 1.09 bits per heavy atom. The lowest BCUT2D eigenvalue weighted by atomic mass is 10.0. The van der Waals surface area contributed by atoms with Crippen LogP contribution in [0.3, 0.4) is 0 Å². The smallest absolute Gasteiger partial charge is 0.275 e. The maximum absolute atomic E-state index is 13.2. The first-order valence-electron chi connectivity index (χ1n) is 11.0. The van der Waals surface area contributed by atoms with Gasteiger partial charge < -0.3 is 9.32 Å². The predicted octanol–water partition coefficient (Wildman–Crippen LogP) is 4.38. The van der Waals surface area contributed by atoms with Crippen LogP contribution in [-0.2, 0) is 17.8 Å². The van der Waals surface area contributed by atoms with E-state index in [-0.39, 0.29) is 24.1 Å². The number of aromatic nitrogens is 3. The van der Waals surface area contributed by atoms with E-state index >= 15 is 0 Å². The second-order valence-corrected chi connectivity index (χ2v) is 8.63. The van der Waals surface area contributed by atoms with E-state index in [0.29, 0.717) is 35.0 Å². The molecule has 33 heavy (non-hydrogen) atoms. The summed E-state index contributed by atoms with van der Waals surface area (Å²) >= 11 is 6.27. The average Bonchev–Trinajstić information content (AvgIpc) is 3.31. The number of carbonyl (C=O) groups is 1. The van der Waals surface area contributed by atoms with Crippen LogP contribution < -0.4 is 5.56 Å². The van der Waals surface area contributed by atoms with Crippen molar-refractivity contribution in [1.82, 2.24) is 19.7 Å². The Morgan fingerprint density at radius 2 is 1.91 bits per heavy atom. The van der Waals surface area contributed by atoms with E-state index in [4.69, 9.17) is 16.0 Å². The van der Waals surface area contributed by atoms with Crippen molar-refractivity contribution in [3.63, 3.8) is 0 Å². The normalized spacial score (nSPS) is 16.3. The number of likely N-dealkylation sites (tertiary alicyclic amines) is 1. The molecule has 0 saturated carbocycles. The molecule has 1 atom stereocenters. The Labute approximate surface area is 195 Å². The quantitative estimate of drug-likeness (QED) is 0.439. The van der Waals surface area contributed by atoms with Crippen LogP contribution in [-0.4, -0.2) is 32.1 Å². The molecule has 2 aromatic heterocycles. The lowest BCUT2D eigenvalue weighted by Crippen LogP contribution is -2.42. The van der Waals surface area contributed by atoms with Gasteiger partial charge in [-0.3, -0.25) is 9.59 Å². The molecule has 2 aromatic carbocycles. The van der Waals surface area contributed by atoms with Gasteiger partial charge in [0.1, 0.15) is 18.3 Å². The monoisotopic (exact) mass is 462 g/mol. The molecular weight excluding hydrogens is 440 g/mol. The van der Waals surface area contributed by atoms with Crippen LogP contribution in [0.1, 0.15) is 42.5 Å². The van der Waals surface area contributed by atoms with Crippen molar-refractivity contribution in [3.8, 4) is 0 Å². The molecule has 5 rings (SSSR count). The van der Waals surface area contributed by atoms with E-state index in [1.54, 1.807) is 29.4 Å². The van der Waals surface area contributed by atoms with Gasteiger partial charge in [0.25, 0.3) is 5.56 Å². The zero-order valence-electron chi connectivity index (χ0n) is 18.0. The maximum atomic E-state index is 13.2. The number of piperidine rings is 1. The number of hydrogen-bond donors (Lipinski definition) is 0. The second kappa shape index (κ2) is 9.19. The highest BCUT2D eigenvalue weighted by atomic mass is 35.5. The summed E-state index contributed by atoms with van der Waals surface area (Å²) in [5, 5.41) is 6.19. The SMILES string of the molecule is O=C(Cn1ncc2ccccc2c1=O)N1CCCC[C@H]1c1ncc(Cc2ccccc2Cl)o1. The van der Waals surface area contributed by atoms with Gasteiger partial charge in [-0.15, -0.1) is 0 Å². The zero-order valence-corrected chi connectivity index (χ0v) is 18.7. The first-order valence-corrected chi connectivity index (χ1v) is 11.4. The van der Waals surface area contributed by atoms with Gasteiger partial charge in [-0.05, 0) is 37.0 Å². The highest BCUT2D eigenvalue weighted by molar-refractivity contribution is 6.31. The average molecular weight is 463 g/mol. The molecule has 1 amide bonds. The van der Waals surface area contributed by atoms with Crippen LogP contribution in [0.4, 0.5) is 0 Å². The van der Waals surface area contributed by atoms with Gasteiger partial charge in [0, 0.05) is 23.4 Å². The van der Waals surface area contributed by atoms with Crippen molar-refractivity contribution in [1.29, 1.82) is 0 Å². The van der Waals surface area contributed by atoms with E-state index in [1.165, 1.54) is 4.68 Å². The summed E-state index contributed by atoms with van der Waals surface area (Å²) < 4.78 is 7.28. The maximum Gasteiger partial charge on any atom is 0.275 e. The molecule has 0 bridgehead atoms. The zero-order chi connectivity index (χ0) is 22.8.